The summed E-state index contributed by atoms with van der Waals surface area (Å²) in [4.78, 5) is 28.4. The zero-order valence-electron chi connectivity index (χ0n) is 14.2. The second-order valence-electron chi connectivity index (χ2n) is 7.18. The first-order chi connectivity index (χ1) is 11.4. The molecular weight excluding hydrogens is 326 g/mol. The van der Waals surface area contributed by atoms with Crippen molar-refractivity contribution < 1.29 is 9.59 Å². The van der Waals surface area contributed by atoms with Crippen LogP contribution in [0.5, 0.6) is 0 Å². The quantitative estimate of drug-likeness (QED) is 0.891. The number of amides is 3. The van der Waals surface area contributed by atoms with Crippen LogP contribution in [0.4, 0.5) is 10.5 Å². The van der Waals surface area contributed by atoms with E-state index in [4.69, 9.17) is 11.6 Å². The van der Waals surface area contributed by atoms with Crippen molar-refractivity contribution in [2.45, 2.75) is 32.7 Å². The predicted octanol–water partition coefficient (Wildman–Crippen LogP) is 3.13. The van der Waals surface area contributed by atoms with Crippen molar-refractivity contribution in [2.75, 3.05) is 24.5 Å². The number of likely N-dealkylation sites (tertiary alicyclic amines) is 1. The number of piperidine rings is 1. The summed E-state index contributed by atoms with van der Waals surface area (Å²) < 4.78 is 0. The number of hydrogen-bond acceptors (Lipinski definition) is 2. The Hall–Kier alpha value is -1.75. The van der Waals surface area contributed by atoms with Gasteiger partial charge in [0.2, 0.25) is 5.91 Å². The number of carbonyl (C=O) groups excluding carboxylic acids is 2. The fourth-order valence-electron chi connectivity index (χ4n) is 3.77. The van der Waals surface area contributed by atoms with Gasteiger partial charge in [0, 0.05) is 36.8 Å². The summed E-state index contributed by atoms with van der Waals surface area (Å²) in [6, 6.07) is 7.01. The molecule has 0 aromatic heterocycles. The zero-order chi connectivity index (χ0) is 17.3. The molecule has 5 nitrogen and oxygen atoms in total. The monoisotopic (exact) mass is 349 g/mol. The SMILES string of the molecule is C[C@H]1C[C@H](C)CN(C(=O)N[C@@H]2CC(=O)N(c3ccc(Cl)cc3)C2)C1. The van der Waals surface area contributed by atoms with Gasteiger partial charge in [-0.25, -0.2) is 4.79 Å². The molecule has 2 aliphatic heterocycles. The lowest BCUT2D eigenvalue weighted by molar-refractivity contribution is -0.117. The average Bonchev–Trinajstić information content (AvgIpc) is 2.87. The summed E-state index contributed by atoms with van der Waals surface area (Å²) in [7, 11) is 0. The van der Waals surface area contributed by atoms with Crippen molar-refractivity contribution in [1.29, 1.82) is 0 Å². The number of anilines is 1. The third kappa shape index (κ3) is 3.83. The second-order valence-corrected chi connectivity index (χ2v) is 7.62. The van der Waals surface area contributed by atoms with Crippen molar-refractivity contribution >= 4 is 29.2 Å². The molecule has 2 saturated heterocycles. The minimum atomic E-state index is -0.145. The standard InChI is InChI=1S/C18H24ClN3O2/c1-12-7-13(2)10-21(9-12)18(24)20-15-8-17(23)22(11-15)16-5-3-14(19)4-6-16/h3-6,12-13,15H,7-11H2,1-2H3,(H,20,24)/t12-,13-,15+/m0/s1. The van der Waals surface area contributed by atoms with Gasteiger partial charge in [0.05, 0.1) is 6.04 Å². The average molecular weight is 350 g/mol. The van der Waals surface area contributed by atoms with Gasteiger partial charge < -0.3 is 15.1 Å². The minimum Gasteiger partial charge on any atom is -0.333 e. The van der Waals surface area contributed by atoms with Gasteiger partial charge in [0.15, 0.2) is 0 Å². The summed E-state index contributed by atoms with van der Waals surface area (Å²) in [5, 5.41) is 3.67. The minimum absolute atomic E-state index is 0.0306. The van der Waals surface area contributed by atoms with E-state index in [1.165, 1.54) is 0 Å². The van der Waals surface area contributed by atoms with Gasteiger partial charge in [-0.15, -0.1) is 0 Å². The van der Waals surface area contributed by atoms with E-state index in [2.05, 4.69) is 19.2 Å². The zero-order valence-corrected chi connectivity index (χ0v) is 14.9. The highest BCUT2D eigenvalue weighted by atomic mass is 35.5. The van der Waals surface area contributed by atoms with Crippen LogP contribution >= 0.6 is 11.6 Å². The molecule has 0 spiro atoms. The van der Waals surface area contributed by atoms with Crippen molar-refractivity contribution in [1.82, 2.24) is 10.2 Å². The van der Waals surface area contributed by atoms with Crippen LogP contribution in [0.3, 0.4) is 0 Å². The number of benzene rings is 1. The second kappa shape index (κ2) is 7.01. The molecule has 3 atom stereocenters. The Labute approximate surface area is 147 Å². The van der Waals surface area contributed by atoms with E-state index in [-0.39, 0.29) is 18.0 Å². The number of halogens is 1. The maximum absolute atomic E-state index is 12.5. The number of nitrogens with zero attached hydrogens (tertiary/aromatic N) is 2. The summed E-state index contributed by atoms with van der Waals surface area (Å²) in [6.45, 7) is 6.44. The molecule has 0 unspecified atom stereocenters. The molecule has 3 amide bonds. The van der Waals surface area contributed by atoms with Crippen molar-refractivity contribution in [3.8, 4) is 0 Å². The Morgan fingerprint density at radius 1 is 1.12 bits per heavy atom. The van der Waals surface area contributed by atoms with Crippen LogP contribution in [-0.4, -0.2) is 42.5 Å². The number of rotatable bonds is 2. The molecule has 2 heterocycles. The Kier molecular flexibility index (Phi) is 4.99. The highest BCUT2D eigenvalue weighted by Gasteiger charge is 2.33. The Morgan fingerprint density at radius 2 is 1.75 bits per heavy atom. The van der Waals surface area contributed by atoms with Crippen LogP contribution in [0.1, 0.15) is 26.7 Å². The third-order valence-electron chi connectivity index (χ3n) is 4.75. The molecule has 1 aromatic carbocycles. The summed E-state index contributed by atoms with van der Waals surface area (Å²) in [5.41, 5.74) is 0.821. The smallest absolute Gasteiger partial charge is 0.317 e. The Morgan fingerprint density at radius 3 is 2.38 bits per heavy atom. The van der Waals surface area contributed by atoms with E-state index < -0.39 is 0 Å². The Balaban J connectivity index is 1.59. The number of nitrogens with one attached hydrogen (secondary N) is 1. The molecule has 1 aromatic rings. The fourth-order valence-corrected chi connectivity index (χ4v) is 3.90. The summed E-state index contributed by atoms with van der Waals surface area (Å²) in [6.07, 6.45) is 1.50. The largest absolute Gasteiger partial charge is 0.333 e. The van der Waals surface area contributed by atoms with Crippen LogP contribution in [-0.2, 0) is 4.79 Å². The van der Waals surface area contributed by atoms with Gasteiger partial charge in [0.1, 0.15) is 0 Å². The van der Waals surface area contributed by atoms with Crippen LogP contribution in [0.2, 0.25) is 5.02 Å². The molecule has 0 radical (unpaired) electrons. The normalized spacial score (nSPS) is 27.5. The topological polar surface area (TPSA) is 52.7 Å². The molecular formula is C18H24ClN3O2. The molecule has 2 aliphatic rings. The number of urea groups is 1. The highest BCUT2D eigenvalue weighted by Crippen LogP contribution is 2.24. The maximum Gasteiger partial charge on any atom is 0.317 e. The molecule has 2 fully saturated rings. The molecule has 24 heavy (non-hydrogen) atoms. The van der Waals surface area contributed by atoms with E-state index in [1.54, 1.807) is 17.0 Å². The first kappa shape index (κ1) is 17.1. The fraction of sp³-hybridized carbons (Fsp3) is 0.556. The van der Waals surface area contributed by atoms with Crippen molar-refractivity contribution in [2.24, 2.45) is 11.8 Å². The summed E-state index contributed by atoms with van der Waals surface area (Å²) in [5.74, 6) is 1.08. The predicted molar refractivity (Wildman–Crippen MR) is 95.3 cm³/mol. The van der Waals surface area contributed by atoms with Crippen LogP contribution in [0.25, 0.3) is 0 Å². The maximum atomic E-state index is 12.5. The first-order valence-corrected chi connectivity index (χ1v) is 8.91. The van der Waals surface area contributed by atoms with E-state index in [0.29, 0.717) is 29.8 Å². The van der Waals surface area contributed by atoms with Crippen LogP contribution in [0, 0.1) is 11.8 Å². The van der Waals surface area contributed by atoms with Gasteiger partial charge in [0.25, 0.3) is 0 Å². The lowest BCUT2D eigenvalue weighted by Gasteiger charge is -2.35. The molecule has 0 bridgehead atoms. The van der Waals surface area contributed by atoms with Gasteiger partial charge in [-0.1, -0.05) is 25.4 Å². The molecule has 0 aliphatic carbocycles. The number of hydrogen-bond donors (Lipinski definition) is 1. The summed E-state index contributed by atoms with van der Waals surface area (Å²) >= 11 is 5.90. The van der Waals surface area contributed by atoms with Crippen LogP contribution < -0.4 is 10.2 Å². The lowest BCUT2D eigenvalue weighted by Crippen LogP contribution is -2.50. The number of carbonyl (C=O) groups is 2. The van der Waals surface area contributed by atoms with Gasteiger partial charge in [-0.05, 0) is 42.5 Å². The molecule has 1 N–H and O–H groups in total. The van der Waals surface area contributed by atoms with E-state index in [1.807, 2.05) is 17.0 Å². The molecule has 6 heteroatoms. The first-order valence-electron chi connectivity index (χ1n) is 8.53. The van der Waals surface area contributed by atoms with E-state index >= 15 is 0 Å². The van der Waals surface area contributed by atoms with Crippen molar-refractivity contribution in [3.63, 3.8) is 0 Å². The van der Waals surface area contributed by atoms with E-state index in [0.717, 1.165) is 25.2 Å². The third-order valence-corrected chi connectivity index (χ3v) is 5.00. The van der Waals surface area contributed by atoms with Gasteiger partial charge in [-0.3, -0.25) is 4.79 Å². The molecule has 0 saturated carbocycles. The highest BCUT2D eigenvalue weighted by molar-refractivity contribution is 6.30. The van der Waals surface area contributed by atoms with Gasteiger partial charge >= 0.3 is 6.03 Å². The lowest BCUT2D eigenvalue weighted by atomic mass is 9.92. The Bertz CT molecular complexity index is 609. The van der Waals surface area contributed by atoms with Crippen molar-refractivity contribution in [3.05, 3.63) is 29.3 Å². The van der Waals surface area contributed by atoms with Crippen LogP contribution in [0.15, 0.2) is 24.3 Å². The molecule has 130 valence electrons. The molecule has 3 rings (SSSR count). The van der Waals surface area contributed by atoms with E-state index in [9.17, 15) is 9.59 Å². The van der Waals surface area contributed by atoms with Gasteiger partial charge in [-0.2, -0.15) is 0 Å².